The number of hydrogen-bond donors (Lipinski definition) is 1. The maximum absolute atomic E-state index is 12.5. The van der Waals surface area contributed by atoms with Crippen LogP contribution in [0.5, 0.6) is 0 Å². The molecule has 1 aliphatic heterocycles. The van der Waals surface area contributed by atoms with Gasteiger partial charge in [0.05, 0.1) is 12.0 Å². The van der Waals surface area contributed by atoms with Gasteiger partial charge in [0.25, 0.3) is 0 Å². The van der Waals surface area contributed by atoms with Gasteiger partial charge in [-0.2, -0.15) is 13.2 Å². The van der Waals surface area contributed by atoms with E-state index in [4.69, 9.17) is 0 Å². The fourth-order valence-electron chi connectivity index (χ4n) is 2.17. The monoisotopic (exact) mass is 280 g/mol. The molecule has 0 radical (unpaired) electrons. The van der Waals surface area contributed by atoms with Crippen LogP contribution in [-0.4, -0.2) is 43.2 Å². The van der Waals surface area contributed by atoms with E-state index in [1.165, 1.54) is 0 Å². The first-order valence-electron chi connectivity index (χ1n) is 6.77. The quantitative estimate of drug-likeness (QED) is 0.857. The van der Waals surface area contributed by atoms with Crippen LogP contribution >= 0.6 is 0 Å². The smallest absolute Gasteiger partial charge is 0.344 e. The van der Waals surface area contributed by atoms with Crippen molar-refractivity contribution in [2.45, 2.75) is 45.3 Å². The fourth-order valence-corrected chi connectivity index (χ4v) is 2.17. The van der Waals surface area contributed by atoms with E-state index in [2.05, 4.69) is 19.2 Å². The van der Waals surface area contributed by atoms with E-state index in [9.17, 15) is 18.0 Å². The van der Waals surface area contributed by atoms with Crippen LogP contribution in [0.25, 0.3) is 0 Å². The van der Waals surface area contributed by atoms with E-state index in [1.54, 1.807) is 11.9 Å². The van der Waals surface area contributed by atoms with Crippen molar-refractivity contribution < 1.29 is 18.0 Å². The first-order valence-corrected chi connectivity index (χ1v) is 6.77. The second kappa shape index (κ2) is 6.59. The molecule has 3 nitrogen and oxygen atoms in total. The lowest BCUT2D eigenvalue weighted by molar-refractivity contribution is -0.180. The lowest BCUT2D eigenvalue weighted by Gasteiger charge is -2.32. The highest BCUT2D eigenvalue weighted by atomic mass is 19.4. The van der Waals surface area contributed by atoms with E-state index < -0.39 is 18.1 Å². The van der Waals surface area contributed by atoms with Gasteiger partial charge in [-0.25, -0.2) is 0 Å². The first kappa shape index (κ1) is 16.3. The van der Waals surface area contributed by atoms with Crippen LogP contribution in [0.3, 0.4) is 0 Å². The van der Waals surface area contributed by atoms with Crippen molar-refractivity contribution in [3.05, 3.63) is 0 Å². The zero-order chi connectivity index (χ0) is 14.6. The molecule has 2 atom stereocenters. The van der Waals surface area contributed by atoms with Crippen LogP contribution in [-0.2, 0) is 4.79 Å². The average Bonchev–Trinajstić information content (AvgIpc) is 2.34. The fraction of sp³-hybridized carbons (Fsp3) is 0.923. The van der Waals surface area contributed by atoms with Gasteiger partial charge < -0.3 is 10.2 Å². The molecule has 1 fully saturated rings. The van der Waals surface area contributed by atoms with Crippen LogP contribution in [0.1, 0.15) is 33.1 Å². The van der Waals surface area contributed by atoms with Gasteiger partial charge >= 0.3 is 6.18 Å². The van der Waals surface area contributed by atoms with E-state index >= 15 is 0 Å². The minimum Gasteiger partial charge on any atom is -0.344 e. The number of alkyl halides is 3. The molecular weight excluding hydrogens is 257 g/mol. The van der Waals surface area contributed by atoms with Crippen molar-refractivity contribution in [3.8, 4) is 0 Å². The molecule has 1 amide bonds. The zero-order valence-corrected chi connectivity index (χ0v) is 11.8. The third-order valence-electron chi connectivity index (χ3n) is 3.59. The number of likely N-dealkylation sites (N-methyl/N-ethyl adjacent to an activating group) is 1. The summed E-state index contributed by atoms with van der Waals surface area (Å²) < 4.78 is 37.5. The summed E-state index contributed by atoms with van der Waals surface area (Å²) in [7, 11) is 1.71. The second-order valence-electron chi connectivity index (χ2n) is 5.72. The molecule has 0 bridgehead atoms. The second-order valence-corrected chi connectivity index (χ2v) is 5.72. The van der Waals surface area contributed by atoms with E-state index in [1.807, 2.05) is 0 Å². The highest BCUT2D eigenvalue weighted by Gasteiger charge is 2.42. The zero-order valence-electron chi connectivity index (χ0n) is 11.8. The Morgan fingerprint density at radius 3 is 2.42 bits per heavy atom. The molecule has 0 aliphatic carbocycles. The van der Waals surface area contributed by atoms with Crippen molar-refractivity contribution in [1.82, 2.24) is 10.2 Å². The topological polar surface area (TPSA) is 32.3 Å². The molecule has 1 saturated heterocycles. The molecule has 19 heavy (non-hydrogen) atoms. The summed E-state index contributed by atoms with van der Waals surface area (Å²) in [4.78, 5) is 13.7. The summed E-state index contributed by atoms with van der Waals surface area (Å²) in [6.45, 7) is 4.64. The number of nitrogens with one attached hydrogen (secondary N) is 1. The number of halogens is 3. The third kappa shape index (κ3) is 5.01. The molecule has 0 aromatic heterocycles. The number of amides is 1. The minimum atomic E-state index is -4.16. The highest BCUT2D eigenvalue weighted by Crippen LogP contribution is 2.32. The third-order valence-corrected chi connectivity index (χ3v) is 3.59. The minimum absolute atomic E-state index is 0.0327. The molecule has 2 unspecified atom stereocenters. The predicted octanol–water partition coefficient (Wildman–Crippen LogP) is 2.42. The molecule has 0 aromatic rings. The molecule has 1 rings (SSSR count). The number of carbonyl (C=O) groups is 1. The average molecular weight is 280 g/mol. The maximum atomic E-state index is 12.5. The Morgan fingerprint density at radius 2 is 2.00 bits per heavy atom. The highest BCUT2D eigenvalue weighted by molar-refractivity contribution is 5.81. The van der Waals surface area contributed by atoms with Gasteiger partial charge in [0, 0.05) is 20.1 Å². The standard InChI is InChI=1S/C13H23F3N2O/c1-9(2)6-7-18(3)12(19)11-5-4-10(8-17-11)13(14,15)16/h9-11,17H,4-8H2,1-3H3. The van der Waals surface area contributed by atoms with Crippen LogP contribution < -0.4 is 5.32 Å². The van der Waals surface area contributed by atoms with Crippen molar-refractivity contribution >= 4 is 5.91 Å². The lowest BCUT2D eigenvalue weighted by Crippen LogP contribution is -2.51. The van der Waals surface area contributed by atoms with Crippen LogP contribution in [0, 0.1) is 11.8 Å². The van der Waals surface area contributed by atoms with E-state index in [-0.39, 0.29) is 25.3 Å². The van der Waals surface area contributed by atoms with Gasteiger partial charge in [0.1, 0.15) is 0 Å². The number of piperidine rings is 1. The summed E-state index contributed by atoms with van der Waals surface area (Å²) in [5, 5.41) is 2.73. The Hall–Kier alpha value is -0.780. The number of carbonyl (C=O) groups excluding carboxylic acids is 1. The van der Waals surface area contributed by atoms with Gasteiger partial charge in [-0.05, 0) is 25.2 Å². The SMILES string of the molecule is CC(C)CCN(C)C(=O)C1CCC(C(F)(F)F)CN1. The summed E-state index contributed by atoms with van der Waals surface area (Å²) in [5.74, 6) is -0.914. The molecule has 1 aliphatic rings. The summed E-state index contributed by atoms with van der Waals surface area (Å²) >= 11 is 0. The van der Waals surface area contributed by atoms with Gasteiger partial charge in [-0.1, -0.05) is 13.8 Å². The van der Waals surface area contributed by atoms with Crippen LogP contribution in [0.15, 0.2) is 0 Å². The normalized spacial score (nSPS) is 24.6. The number of nitrogens with zero attached hydrogens (tertiary/aromatic N) is 1. The largest absolute Gasteiger partial charge is 0.393 e. The van der Waals surface area contributed by atoms with Crippen molar-refractivity contribution in [2.24, 2.45) is 11.8 Å². The Balaban J connectivity index is 2.40. The van der Waals surface area contributed by atoms with Crippen LogP contribution in [0.4, 0.5) is 13.2 Å². The summed E-state index contributed by atoms with van der Waals surface area (Å²) in [5.41, 5.74) is 0. The van der Waals surface area contributed by atoms with Gasteiger partial charge in [-0.3, -0.25) is 4.79 Å². The van der Waals surface area contributed by atoms with Gasteiger partial charge in [0.2, 0.25) is 5.91 Å². The molecule has 0 spiro atoms. The molecule has 0 saturated carbocycles. The molecule has 6 heteroatoms. The molecule has 0 aromatic carbocycles. The summed E-state index contributed by atoms with van der Waals surface area (Å²) in [6, 6.07) is -0.462. The predicted molar refractivity (Wildman–Crippen MR) is 67.7 cm³/mol. The first-order chi connectivity index (χ1) is 8.71. The Labute approximate surface area is 112 Å². The van der Waals surface area contributed by atoms with Crippen molar-refractivity contribution in [2.75, 3.05) is 20.1 Å². The maximum Gasteiger partial charge on any atom is 0.393 e. The van der Waals surface area contributed by atoms with E-state index in [0.29, 0.717) is 12.5 Å². The van der Waals surface area contributed by atoms with Crippen molar-refractivity contribution in [1.29, 1.82) is 0 Å². The van der Waals surface area contributed by atoms with Gasteiger partial charge in [0.15, 0.2) is 0 Å². The molecule has 1 heterocycles. The number of hydrogen-bond acceptors (Lipinski definition) is 2. The Bertz CT molecular complexity index is 297. The molecule has 112 valence electrons. The lowest BCUT2D eigenvalue weighted by atomic mass is 9.93. The Morgan fingerprint density at radius 1 is 1.37 bits per heavy atom. The van der Waals surface area contributed by atoms with Crippen LogP contribution in [0.2, 0.25) is 0 Å². The molecular formula is C13H23F3N2O. The van der Waals surface area contributed by atoms with Crippen molar-refractivity contribution in [3.63, 3.8) is 0 Å². The molecule has 1 N–H and O–H groups in total. The van der Waals surface area contributed by atoms with Gasteiger partial charge in [-0.15, -0.1) is 0 Å². The number of rotatable bonds is 4. The van der Waals surface area contributed by atoms with E-state index in [0.717, 1.165) is 6.42 Å². The Kier molecular flexibility index (Phi) is 5.64. The summed E-state index contributed by atoms with van der Waals surface area (Å²) in [6.07, 6.45) is -2.97.